The second-order valence-electron chi connectivity index (χ2n) is 7.56. The monoisotopic (exact) mass is 394 g/mol. The van der Waals surface area contributed by atoms with Crippen molar-refractivity contribution in [1.82, 2.24) is 4.98 Å². The summed E-state index contributed by atoms with van der Waals surface area (Å²) in [4.78, 5) is 18.2. The zero-order valence-electron chi connectivity index (χ0n) is 15.9. The van der Waals surface area contributed by atoms with E-state index < -0.39 is 11.3 Å². The Hall–Kier alpha value is -3.29. The molecule has 0 N–H and O–H groups in total. The predicted molar refractivity (Wildman–Crippen MR) is 115 cm³/mol. The second kappa shape index (κ2) is 6.65. The Balaban J connectivity index is 1.66. The van der Waals surface area contributed by atoms with E-state index in [1.54, 1.807) is 0 Å². The van der Waals surface area contributed by atoms with Crippen molar-refractivity contribution in [2.45, 2.75) is 18.3 Å². The Kier molecular flexibility index (Phi) is 4.08. The molecule has 0 bridgehead atoms. The predicted octanol–water partition coefficient (Wildman–Crippen LogP) is 5.66. The van der Waals surface area contributed by atoms with E-state index in [0.29, 0.717) is 5.56 Å². The molecule has 4 aromatic rings. The van der Waals surface area contributed by atoms with Crippen LogP contribution in [0.4, 0.5) is 0 Å². The molecule has 3 nitrogen and oxygen atoms in total. The summed E-state index contributed by atoms with van der Waals surface area (Å²) in [5, 5.41) is 11.1. The molecule has 5 rings (SSSR count). The van der Waals surface area contributed by atoms with E-state index >= 15 is 0 Å². The normalized spacial score (nSPS) is 22.9. The Morgan fingerprint density at radius 2 is 1.69 bits per heavy atom. The molecule has 29 heavy (non-hydrogen) atoms. The molecule has 1 aromatic heterocycles. The van der Waals surface area contributed by atoms with Crippen LogP contribution in [-0.4, -0.2) is 10.8 Å². The number of hydrogen-bond acceptors (Lipinski definition) is 4. The molecule has 0 aliphatic heterocycles. The number of thiazole rings is 1. The number of fused-ring (bicyclic) bond motifs is 1. The minimum atomic E-state index is -0.925. The fourth-order valence-electron chi connectivity index (χ4n) is 4.26. The molecule has 1 heterocycles. The third kappa shape index (κ3) is 2.70. The van der Waals surface area contributed by atoms with Crippen LogP contribution in [0.1, 0.15) is 32.4 Å². The highest BCUT2D eigenvalue weighted by Crippen LogP contribution is 2.67. The molecule has 1 aliphatic carbocycles. The van der Waals surface area contributed by atoms with E-state index in [0.717, 1.165) is 26.4 Å². The lowest BCUT2D eigenvalue weighted by Gasteiger charge is -2.05. The zero-order chi connectivity index (χ0) is 20.0. The maximum absolute atomic E-state index is 13.4. The van der Waals surface area contributed by atoms with Gasteiger partial charge in [0.25, 0.3) is 0 Å². The van der Waals surface area contributed by atoms with Crippen LogP contribution in [0.25, 0.3) is 10.2 Å². The van der Waals surface area contributed by atoms with Gasteiger partial charge in [0.15, 0.2) is 5.78 Å². The van der Waals surface area contributed by atoms with Gasteiger partial charge in [-0.25, -0.2) is 4.98 Å². The first-order chi connectivity index (χ1) is 14.1. The van der Waals surface area contributed by atoms with Gasteiger partial charge in [0, 0.05) is 11.5 Å². The smallest absolute Gasteiger partial charge is 0.168 e. The Morgan fingerprint density at radius 1 is 1.00 bits per heavy atom. The zero-order valence-corrected chi connectivity index (χ0v) is 16.7. The highest BCUT2D eigenvalue weighted by atomic mass is 32.1. The number of hydrogen-bond donors (Lipinski definition) is 0. The minimum Gasteiger partial charge on any atom is -0.294 e. The van der Waals surface area contributed by atoms with Gasteiger partial charge >= 0.3 is 0 Å². The van der Waals surface area contributed by atoms with Gasteiger partial charge in [-0.2, -0.15) is 5.26 Å². The molecule has 0 radical (unpaired) electrons. The quantitative estimate of drug-likeness (QED) is 0.420. The van der Waals surface area contributed by atoms with Gasteiger partial charge in [-0.15, -0.1) is 11.3 Å². The van der Waals surface area contributed by atoms with E-state index in [4.69, 9.17) is 4.98 Å². The number of nitriles is 1. The summed E-state index contributed by atoms with van der Waals surface area (Å²) in [6, 6.07) is 27.8. The molecule has 0 saturated heterocycles. The summed E-state index contributed by atoms with van der Waals surface area (Å²) in [5.41, 5.74) is 2.77. The largest absolute Gasteiger partial charge is 0.294 e. The maximum Gasteiger partial charge on any atom is 0.168 e. The summed E-state index contributed by atoms with van der Waals surface area (Å²) >= 11 is 1.52. The van der Waals surface area contributed by atoms with Crippen molar-refractivity contribution in [2.24, 2.45) is 5.92 Å². The Morgan fingerprint density at radius 3 is 2.38 bits per heavy atom. The highest BCUT2D eigenvalue weighted by molar-refractivity contribution is 7.18. The van der Waals surface area contributed by atoms with Crippen LogP contribution < -0.4 is 0 Å². The van der Waals surface area contributed by atoms with Crippen molar-refractivity contribution in [2.75, 3.05) is 0 Å². The van der Waals surface area contributed by atoms with E-state index in [1.807, 2.05) is 85.8 Å². The lowest BCUT2D eigenvalue weighted by atomic mass is 9.99. The fraction of sp³-hybridized carbons (Fsp3) is 0.160. The second-order valence-corrected chi connectivity index (χ2v) is 8.59. The first kappa shape index (κ1) is 17.8. The van der Waals surface area contributed by atoms with Crippen molar-refractivity contribution in [3.05, 3.63) is 101 Å². The average molecular weight is 394 g/mol. The number of carbonyl (C=O) groups excluding carboxylic acids is 1. The van der Waals surface area contributed by atoms with Crippen molar-refractivity contribution in [3.8, 4) is 6.07 Å². The van der Waals surface area contributed by atoms with Crippen LogP contribution in [0.3, 0.4) is 0 Å². The van der Waals surface area contributed by atoms with E-state index in [9.17, 15) is 10.1 Å². The van der Waals surface area contributed by atoms with Gasteiger partial charge in [-0.3, -0.25) is 4.79 Å². The number of ketones is 1. The molecule has 0 unspecified atom stereocenters. The molecule has 1 saturated carbocycles. The Labute approximate surface area is 173 Å². The van der Waals surface area contributed by atoms with Crippen molar-refractivity contribution in [1.29, 1.82) is 5.26 Å². The third-order valence-electron chi connectivity index (χ3n) is 5.82. The molecular formula is C25H18N2OS. The van der Waals surface area contributed by atoms with Gasteiger partial charge in [-0.05, 0) is 24.6 Å². The lowest BCUT2D eigenvalue weighted by Crippen LogP contribution is -2.13. The van der Waals surface area contributed by atoms with Crippen molar-refractivity contribution < 1.29 is 4.79 Å². The number of nitrogens with zero attached hydrogens (tertiary/aromatic N) is 2. The molecule has 140 valence electrons. The molecule has 4 heteroatoms. The minimum absolute atomic E-state index is 0.0111. The van der Waals surface area contributed by atoms with Crippen LogP contribution in [0.15, 0.2) is 78.9 Å². The van der Waals surface area contributed by atoms with Crippen molar-refractivity contribution >= 4 is 27.3 Å². The molecule has 0 spiro atoms. The van der Waals surface area contributed by atoms with Crippen LogP contribution in [0, 0.1) is 24.2 Å². The topological polar surface area (TPSA) is 53.8 Å². The van der Waals surface area contributed by atoms with E-state index in [-0.39, 0.29) is 11.7 Å². The third-order valence-corrected chi connectivity index (χ3v) is 7.00. The molecule has 1 aliphatic rings. The molecule has 1 fully saturated rings. The lowest BCUT2D eigenvalue weighted by molar-refractivity contribution is 0.0959. The summed E-state index contributed by atoms with van der Waals surface area (Å²) in [7, 11) is 0. The van der Waals surface area contributed by atoms with E-state index in [2.05, 4.69) is 6.07 Å². The first-order valence-electron chi connectivity index (χ1n) is 9.58. The van der Waals surface area contributed by atoms with E-state index in [1.165, 1.54) is 11.3 Å². The van der Waals surface area contributed by atoms with Gasteiger partial charge in [0.2, 0.25) is 0 Å². The summed E-state index contributed by atoms with van der Waals surface area (Å²) in [5.74, 6) is -0.614. The fourth-order valence-corrected chi connectivity index (χ4v) is 5.44. The van der Waals surface area contributed by atoms with Gasteiger partial charge in [0.05, 0.1) is 22.2 Å². The first-order valence-corrected chi connectivity index (χ1v) is 10.4. The number of Topliss-reactive ketones (excluding diaryl/α,β-unsaturated/α-hetero) is 1. The number of rotatable bonds is 4. The van der Waals surface area contributed by atoms with Gasteiger partial charge in [-0.1, -0.05) is 72.3 Å². The maximum atomic E-state index is 13.4. The highest BCUT2D eigenvalue weighted by Gasteiger charge is 2.72. The summed E-state index contributed by atoms with van der Waals surface area (Å²) < 4.78 is 1.04. The standard InChI is InChI=1S/C25H18N2OS/c1-16-11-13-17(14-12-16)21-22(23(28)18-7-3-2-4-8-18)25(21,15-26)24-27-19-9-5-6-10-20(19)29-24/h2-14,21-22H,1H3/t21-,22+,25-/m1/s1. The molecular weight excluding hydrogens is 376 g/mol. The number of para-hydroxylation sites is 1. The van der Waals surface area contributed by atoms with Crippen LogP contribution >= 0.6 is 11.3 Å². The summed E-state index contributed by atoms with van der Waals surface area (Å²) in [6.45, 7) is 2.04. The van der Waals surface area contributed by atoms with Crippen LogP contribution in [0.2, 0.25) is 0 Å². The molecule has 3 aromatic carbocycles. The van der Waals surface area contributed by atoms with Gasteiger partial charge in [0.1, 0.15) is 10.4 Å². The average Bonchev–Trinajstić information content (AvgIpc) is 3.25. The number of benzene rings is 3. The number of carbonyl (C=O) groups is 1. The Bertz CT molecular complexity index is 1220. The number of aromatic nitrogens is 1. The van der Waals surface area contributed by atoms with Crippen LogP contribution in [0.5, 0.6) is 0 Å². The molecule has 0 amide bonds. The summed E-state index contributed by atoms with van der Waals surface area (Å²) in [6.07, 6.45) is 0. The number of aryl methyl sites for hydroxylation is 1. The van der Waals surface area contributed by atoms with Crippen LogP contribution in [-0.2, 0) is 5.41 Å². The van der Waals surface area contributed by atoms with Gasteiger partial charge < -0.3 is 0 Å². The van der Waals surface area contributed by atoms with Crippen molar-refractivity contribution in [3.63, 3.8) is 0 Å². The molecule has 3 atom stereocenters. The SMILES string of the molecule is Cc1ccc([C@@H]2[C@@H](C(=O)c3ccccc3)[C@]2(C#N)c2nc3ccccc3s2)cc1.